The van der Waals surface area contributed by atoms with Crippen molar-refractivity contribution in [2.24, 2.45) is 0 Å². The van der Waals surface area contributed by atoms with E-state index in [1.165, 1.54) is 37.4 Å². The number of furan rings is 1. The van der Waals surface area contributed by atoms with E-state index in [2.05, 4.69) is 0 Å². The number of halogens is 1. The minimum absolute atomic E-state index is 0.109. The zero-order chi connectivity index (χ0) is 19.0. The molecule has 1 aliphatic rings. The van der Waals surface area contributed by atoms with Gasteiger partial charge in [-0.2, -0.15) is 0 Å². The summed E-state index contributed by atoms with van der Waals surface area (Å²) in [6, 6.07) is 6.69. The third-order valence-corrected chi connectivity index (χ3v) is 4.04. The molecule has 7 nitrogen and oxygen atoms in total. The molecule has 0 radical (unpaired) electrons. The van der Waals surface area contributed by atoms with Crippen molar-refractivity contribution in [3.05, 3.63) is 70.1 Å². The normalized spacial score (nSPS) is 14.2. The number of Topliss-reactive ketones (excluding diaryl/α,β-unsaturated/α-hetero) is 1. The molecule has 0 aliphatic carbocycles. The van der Waals surface area contributed by atoms with E-state index in [4.69, 9.17) is 9.52 Å². The van der Waals surface area contributed by atoms with Crippen molar-refractivity contribution in [2.45, 2.75) is 6.42 Å². The number of carbonyl (C=O) groups excluding carboxylic acids is 2. The van der Waals surface area contributed by atoms with Crippen molar-refractivity contribution in [3.8, 4) is 0 Å². The topological polar surface area (TPSA) is 108 Å². The first kappa shape index (κ1) is 17.4. The van der Waals surface area contributed by atoms with Gasteiger partial charge in [-0.1, -0.05) is 12.1 Å². The number of nitrogens with zero attached hydrogens (tertiary/aromatic N) is 1. The Labute approximate surface area is 147 Å². The number of aromatic carboxylic acids is 1. The highest BCUT2D eigenvalue weighted by Gasteiger charge is 2.35. The number of rotatable bonds is 5. The highest BCUT2D eigenvalue weighted by molar-refractivity contribution is 6.14. The zero-order valence-corrected chi connectivity index (χ0v) is 13.7. The highest BCUT2D eigenvalue weighted by Crippen LogP contribution is 2.26. The van der Waals surface area contributed by atoms with Crippen LogP contribution in [0.15, 0.2) is 46.1 Å². The predicted octanol–water partition coefficient (Wildman–Crippen LogP) is 2.17. The third kappa shape index (κ3) is 3.08. The lowest BCUT2D eigenvalue weighted by molar-refractivity contribution is -0.126. The Bertz CT molecular complexity index is 941. The summed E-state index contributed by atoms with van der Waals surface area (Å²) in [7, 11) is 1.42. The quantitative estimate of drug-likeness (QED) is 0.792. The second-order valence-corrected chi connectivity index (χ2v) is 5.89. The summed E-state index contributed by atoms with van der Waals surface area (Å²) in [5.41, 5.74) is 0.737. The fourth-order valence-electron chi connectivity index (χ4n) is 2.69. The molecule has 0 unspecified atom stereocenters. The Balaban J connectivity index is 2.00. The van der Waals surface area contributed by atoms with Crippen LogP contribution in [0.25, 0.3) is 0 Å². The lowest BCUT2D eigenvalue weighted by atomic mass is 10.0. The number of benzene rings is 1. The van der Waals surface area contributed by atoms with Crippen LogP contribution in [0.5, 0.6) is 0 Å². The molecule has 1 aliphatic heterocycles. The van der Waals surface area contributed by atoms with Gasteiger partial charge in [-0.3, -0.25) is 9.59 Å². The van der Waals surface area contributed by atoms with Gasteiger partial charge in [-0.05, 0) is 23.8 Å². The van der Waals surface area contributed by atoms with Gasteiger partial charge >= 0.3 is 5.97 Å². The predicted molar refractivity (Wildman–Crippen MR) is 86.5 cm³/mol. The summed E-state index contributed by atoms with van der Waals surface area (Å²) in [6.07, 6.45) is 0.121. The van der Waals surface area contributed by atoms with Crippen molar-refractivity contribution in [1.82, 2.24) is 4.90 Å². The molecule has 1 amide bonds. The fourth-order valence-corrected chi connectivity index (χ4v) is 2.69. The van der Waals surface area contributed by atoms with Gasteiger partial charge in [0.2, 0.25) is 11.5 Å². The minimum atomic E-state index is -1.36. The van der Waals surface area contributed by atoms with Crippen molar-refractivity contribution in [3.63, 3.8) is 0 Å². The first-order valence-corrected chi connectivity index (χ1v) is 7.60. The summed E-state index contributed by atoms with van der Waals surface area (Å²) in [5, 5.41) is 19.0. The summed E-state index contributed by atoms with van der Waals surface area (Å²) in [4.78, 5) is 36.7. The molecule has 2 N–H and O–H groups in total. The Morgan fingerprint density at radius 1 is 1.27 bits per heavy atom. The van der Waals surface area contributed by atoms with Crippen LogP contribution in [0.1, 0.15) is 32.2 Å². The first-order valence-electron chi connectivity index (χ1n) is 7.60. The van der Waals surface area contributed by atoms with Gasteiger partial charge in [-0.25, -0.2) is 9.18 Å². The van der Waals surface area contributed by atoms with E-state index in [-0.39, 0.29) is 29.9 Å². The molecule has 1 aromatic carbocycles. The van der Waals surface area contributed by atoms with Crippen molar-refractivity contribution in [1.29, 1.82) is 0 Å². The van der Waals surface area contributed by atoms with Crippen LogP contribution in [0.2, 0.25) is 0 Å². The van der Waals surface area contributed by atoms with Crippen LogP contribution < -0.4 is 0 Å². The summed E-state index contributed by atoms with van der Waals surface area (Å²) >= 11 is 0. The minimum Gasteiger partial charge on any atom is -0.503 e. The third-order valence-electron chi connectivity index (χ3n) is 4.04. The first-order chi connectivity index (χ1) is 12.3. The van der Waals surface area contributed by atoms with Crippen LogP contribution in [0, 0.1) is 5.82 Å². The molecule has 0 bridgehead atoms. The van der Waals surface area contributed by atoms with Gasteiger partial charge in [0.05, 0.1) is 12.1 Å². The van der Waals surface area contributed by atoms with Crippen LogP contribution in [0.4, 0.5) is 4.39 Å². The Hall–Kier alpha value is -3.42. The Morgan fingerprint density at radius 2 is 1.92 bits per heavy atom. The standard InChI is InChI=1S/C18H14FNO6/c1-20-8-12(15(22)17(20)23)14(21)16-10(7-13(26-16)18(24)25)6-9-2-4-11(19)5-3-9/h2-5,7,22H,6,8H2,1H3,(H,24,25). The van der Waals surface area contributed by atoms with E-state index < -0.39 is 35.0 Å². The fraction of sp³-hybridized carbons (Fsp3) is 0.167. The number of aliphatic hydroxyl groups is 1. The molecule has 134 valence electrons. The molecule has 0 spiro atoms. The number of ketones is 1. The van der Waals surface area contributed by atoms with Crippen LogP contribution in [-0.2, 0) is 11.2 Å². The molecule has 3 rings (SSSR count). The number of carboxylic acid groups (broad SMARTS) is 1. The number of carbonyl (C=O) groups is 3. The Morgan fingerprint density at radius 3 is 2.46 bits per heavy atom. The van der Waals surface area contributed by atoms with Crippen molar-refractivity contribution < 1.29 is 33.4 Å². The van der Waals surface area contributed by atoms with E-state index >= 15 is 0 Å². The lowest BCUT2D eigenvalue weighted by Crippen LogP contribution is -2.22. The number of aliphatic hydroxyl groups excluding tert-OH is 1. The van der Waals surface area contributed by atoms with Gasteiger partial charge in [0.25, 0.3) is 5.91 Å². The van der Waals surface area contributed by atoms with E-state index in [1.807, 2.05) is 0 Å². The molecule has 26 heavy (non-hydrogen) atoms. The number of likely N-dealkylation sites (N-methyl/N-ethyl adjacent to an activating group) is 1. The van der Waals surface area contributed by atoms with Gasteiger partial charge in [0.1, 0.15) is 5.82 Å². The molecule has 0 saturated carbocycles. The molecule has 2 aromatic rings. The highest BCUT2D eigenvalue weighted by atomic mass is 19.1. The molecule has 1 aromatic heterocycles. The van der Waals surface area contributed by atoms with Crippen molar-refractivity contribution >= 4 is 17.7 Å². The second-order valence-electron chi connectivity index (χ2n) is 5.89. The van der Waals surface area contributed by atoms with Gasteiger partial charge < -0.3 is 19.5 Å². The molecule has 0 fully saturated rings. The number of hydrogen-bond acceptors (Lipinski definition) is 5. The molecule has 0 atom stereocenters. The average Bonchev–Trinajstić information content (AvgIpc) is 3.13. The van der Waals surface area contributed by atoms with Crippen LogP contribution in [0.3, 0.4) is 0 Å². The maximum absolute atomic E-state index is 13.0. The number of hydrogen-bond donors (Lipinski definition) is 2. The number of carboxylic acids is 1. The van der Waals surface area contributed by atoms with E-state index in [9.17, 15) is 23.9 Å². The molecular formula is C18H14FNO6. The SMILES string of the molecule is CN1CC(C(=O)c2oc(C(=O)O)cc2Cc2ccc(F)cc2)=C(O)C1=O. The van der Waals surface area contributed by atoms with Crippen molar-refractivity contribution in [2.75, 3.05) is 13.6 Å². The Kier molecular flexibility index (Phi) is 4.33. The van der Waals surface area contributed by atoms with Crippen LogP contribution in [-0.4, -0.2) is 46.4 Å². The van der Waals surface area contributed by atoms with Crippen LogP contribution >= 0.6 is 0 Å². The zero-order valence-electron chi connectivity index (χ0n) is 13.7. The second kappa shape index (κ2) is 6.47. The summed E-state index contributed by atoms with van der Waals surface area (Å²) in [5.74, 6) is -4.63. The van der Waals surface area contributed by atoms with E-state index in [0.29, 0.717) is 5.56 Å². The van der Waals surface area contributed by atoms with E-state index in [1.54, 1.807) is 0 Å². The molecule has 2 heterocycles. The smallest absolute Gasteiger partial charge is 0.371 e. The summed E-state index contributed by atoms with van der Waals surface area (Å²) < 4.78 is 18.2. The average molecular weight is 359 g/mol. The van der Waals surface area contributed by atoms with Gasteiger partial charge in [-0.15, -0.1) is 0 Å². The maximum atomic E-state index is 13.0. The molecule has 8 heteroatoms. The van der Waals surface area contributed by atoms with E-state index in [0.717, 1.165) is 4.90 Å². The molecular weight excluding hydrogens is 345 g/mol. The molecule has 0 saturated heterocycles. The summed E-state index contributed by atoms with van der Waals surface area (Å²) in [6.45, 7) is -0.109. The monoisotopic (exact) mass is 359 g/mol. The number of amides is 1. The maximum Gasteiger partial charge on any atom is 0.371 e. The van der Waals surface area contributed by atoms with Gasteiger partial charge in [0, 0.05) is 19.0 Å². The lowest BCUT2D eigenvalue weighted by Gasteiger charge is -2.07. The largest absolute Gasteiger partial charge is 0.503 e. The van der Waals surface area contributed by atoms with Gasteiger partial charge in [0.15, 0.2) is 11.5 Å².